The second-order valence-corrected chi connectivity index (χ2v) is 7.00. The van der Waals surface area contributed by atoms with Crippen LogP contribution in [-0.2, 0) is 16.8 Å². The van der Waals surface area contributed by atoms with Crippen LogP contribution >= 0.6 is 0 Å². The first-order chi connectivity index (χ1) is 12.7. The summed E-state index contributed by atoms with van der Waals surface area (Å²) >= 11 is 0. The third-order valence-electron chi connectivity index (χ3n) is 5.63. The summed E-state index contributed by atoms with van der Waals surface area (Å²) in [7, 11) is 0. The summed E-state index contributed by atoms with van der Waals surface area (Å²) in [6, 6.07) is 12.6. The van der Waals surface area contributed by atoms with Crippen LogP contribution in [0.5, 0.6) is 0 Å². The number of carbonyl (C=O) groups excluding carboxylic acids is 1. The number of halogens is 1. The van der Waals surface area contributed by atoms with E-state index in [0.29, 0.717) is 18.2 Å². The molecule has 1 aromatic carbocycles. The number of alkyl carbamates (subject to hydrolysis) is 1. The largest absolute Gasteiger partial charge is 0.445 e. The number of benzene rings is 1. The standard InChI is InChI=1S/C20H22FN3O2/c21-17-7-4-9-23-18(17)20(15-8-10-22-11-16(15)20)13-24-19(25)26-12-14-5-2-1-3-6-14/h1-7,9,15-16,22H,8,10-13H2,(H,24,25)/t15?,16-,20-/m0/s1. The number of amides is 1. The van der Waals surface area contributed by atoms with Gasteiger partial charge in [-0.3, -0.25) is 4.98 Å². The zero-order valence-electron chi connectivity index (χ0n) is 14.5. The fourth-order valence-electron chi connectivity index (χ4n) is 4.32. The lowest BCUT2D eigenvalue weighted by Gasteiger charge is -2.19. The Morgan fingerprint density at radius 2 is 2.12 bits per heavy atom. The number of carbonyl (C=O) groups is 1. The van der Waals surface area contributed by atoms with E-state index in [2.05, 4.69) is 15.6 Å². The first-order valence-corrected chi connectivity index (χ1v) is 8.98. The highest BCUT2D eigenvalue weighted by atomic mass is 19.1. The van der Waals surface area contributed by atoms with Crippen LogP contribution in [0.4, 0.5) is 9.18 Å². The molecule has 4 rings (SSSR count). The number of hydrogen-bond acceptors (Lipinski definition) is 4. The third-order valence-corrected chi connectivity index (χ3v) is 5.63. The summed E-state index contributed by atoms with van der Waals surface area (Å²) < 4.78 is 19.7. The van der Waals surface area contributed by atoms with Gasteiger partial charge in [0.15, 0.2) is 0 Å². The van der Waals surface area contributed by atoms with Crippen molar-refractivity contribution in [3.63, 3.8) is 0 Å². The summed E-state index contributed by atoms with van der Waals surface area (Å²) in [4.78, 5) is 16.5. The molecule has 26 heavy (non-hydrogen) atoms. The Morgan fingerprint density at radius 3 is 2.85 bits per heavy atom. The van der Waals surface area contributed by atoms with Gasteiger partial charge in [0.05, 0.1) is 5.69 Å². The first-order valence-electron chi connectivity index (χ1n) is 8.98. The van der Waals surface area contributed by atoms with E-state index < -0.39 is 11.5 Å². The quantitative estimate of drug-likeness (QED) is 0.865. The highest BCUT2D eigenvalue weighted by Crippen LogP contribution is 2.61. The van der Waals surface area contributed by atoms with Crippen molar-refractivity contribution in [3.05, 3.63) is 65.7 Å². The summed E-state index contributed by atoms with van der Waals surface area (Å²) in [5.74, 6) is 0.319. The molecule has 1 aromatic heterocycles. The van der Waals surface area contributed by atoms with Gasteiger partial charge in [-0.25, -0.2) is 9.18 Å². The summed E-state index contributed by atoms with van der Waals surface area (Å²) in [5.41, 5.74) is 0.945. The number of fused-ring (bicyclic) bond motifs is 1. The van der Waals surface area contributed by atoms with Gasteiger partial charge in [-0.1, -0.05) is 30.3 Å². The van der Waals surface area contributed by atoms with Crippen molar-refractivity contribution >= 4 is 6.09 Å². The normalized spacial score (nSPS) is 26.7. The predicted octanol–water partition coefficient (Wildman–Crippen LogP) is 2.62. The molecule has 0 radical (unpaired) electrons. The molecule has 6 heteroatoms. The van der Waals surface area contributed by atoms with E-state index in [-0.39, 0.29) is 18.3 Å². The number of nitrogens with zero attached hydrogens (tertiary/aromatic N) is 1. The average molecular weight is 355 g/mol. The zero-order chi connectivity index (χ0) is 18.0. The van der Waals surface area contributed by atoms with E-state index in [0.717, 1.165) is 25.1 Å². The van der Waals surface area contributed by atoms with Crippen molar-refractivity contribution in [3.8, 4) is 0 Å². The van der Waals surface area contributed by atoms with Crippen molar-refractivity contribution in [2.24, 2.45) is 11.8 Å². The van der Waals surface area contributed by atoms with E-state index in [1.54, 1.807) is 12.3 Å². The summed E-state index contributed by atoms with van der Waals surface area (Å²) in [6.45, 7) is 2.29. The third kappa shape index (κ3) is 3.05. The van der Waals surface area contributed by atoms with Crippen molar-refractivity contribution in [2.75, 3.05) is 19.6 Å². The van der Waals surface area contributed by atoms with Crippen LogP contribution in [0, 0.1) is 17.7 Å². The Balaban J connectivity index is 1.43. The van der Waals surface area contributed by atoms with E-state index >= 15 is 0 Å². The summed E-state index contributed by atoms with van der Waals surface area (Å²) in [6.07, 6.45) is 2.09. The number of nitrogens with one attached hydrogen (secondary N) is 2. The number of pyridine rings is 1. The van der Waals surface area contributed by atoms with Crippen LogP contribution in [0.1, 0.15) is 17.7 Å². The van der Waals surface area contributed by atoms with Crippen LogP contribution in [0.3, 0.4) is 0 Å². The molecular formula is C20H22FN3O2. The fourth-order valence-corrected chi connectivity index (χ4v) is 4.32. The highest BCUT2D eigenvalue weighted by molar-refractivity contribution is 5.67. The van der Waals surface area contributed by atoms with Gasteiger partial charge in [-0.2, -0.15) is 0 Å². The smallest absolute Gasteiger partial charge is 0.407 e. The second kappa shape index (κ2) is 7.03. The van der Waals surface area contributed by atoms with Crippen LogP contribution in [0.25, 0.3) is 0 Å². The molecule has 5 nitrogen and oxygen atoms in total. The van der Waals surface area contributed by atoms with Crippen molar-refractivity contribution in [1.82, 2.24) is 15.6 Å². The molecule has 2 fully saturated rings. The molecule has 136 valence electrons. The van der Waals surface area contributed by atoms with Gasteiger partial charge in [0.1, 0.15) is 12.4 Å². The molecule has 1 amide bonds. The Morgan fingerprint density at radius 1 is 1.27 bits per heavy atom. The minimum atomic E-state index is -0.485. The number of aromatic nitrogens is 1. The van der Waals surface area contributed by atoms with Gasteiger partial charge in [0.25, 0.3) is 0 Å². The fraction of sp³-hybridized carbons (Fsp3) is 0.400. The number of ether oxygens (including phenoxy) is 1. The number of rotatable bonds is 5. The zero-order valence-corrected chi connectivity index (χ0v) is 14.5. The molecular weight excluding hydrogens is 333 g/mol. The lowest BCUT2D eigenvalue weighted by molar-refractivity contribution is 0.138. The molecule has 2 aromatic rings. The lowest BCUT2D eigenvalue weighted by Crippen LogP contribution is -2.36. The van der Waals surface area contributed by atoms with Crippen LogP contribution < -0.4 is 10.6 Å². The van der Waals surface area contributed by atoms with Crippen LogP contribution in [0.15, 0.2) is 48.7 Å². The van der Waals surface area contributed by atoms with Crippen molar-refractivity contribution < 1.29 is 13.9 Å². The van der Waals surface area contributed by atoms with Crippen LogP contribution in [-0.4, -0.2) is 30.7 Å². The minimum absolute atomic E-state index is 0.214. The Kier molecular flexibility index (Phi) is 4.59. The molecule has 2 aliphatic rings. The SMILES string of the molecule is O=C(NC[C@]1(c2ncccc2F)C2CCNC[C@@H]21)OCc1ccccc1. The molecule has 1 saturated carbocycles. The van der Waals surface area contributed by atoms with Crippen LogP contribution in [0.2, 0.25) is 0 Å². The molecule has 0 spiro atoms. The maximum absolute atomic E-state index is 14.4. The molecule has 3 atom stereocenters. The molecule has 2 heterocycles. The van der Waals surface area contributed by atoms with Crippen molar-refractivity contribution in [1.29, 1.82) is 0 Å². The lowest BCUT2D eigenvalue weighted by atomic mass is 9.95. The van der Waals surface area contributed by atoms with Gasteiger partial charge in [-0.15, -0.1) is 0 Å². The molecule has 2 N–H and O–H groups in total. The molecule has 1 unspecified atom stereocenters. The Bertz CT molecular complexity index is 772. The van der Waals surface area contributed by atoms with E-state index in [9.17, 15) is 9.18 Å². The predicted molar refractivity (Wildman–Crippen MR) is 95.0 cm³/mol. The van der Waals surface area contributed by atoms with E-state index in [1.165, 1.54) is 6.07 Å². The Labute approximate surface area is 152 Å². The highest BCUT2D eigenvalue weighted by Gasteiger charge is 2.67. The van der Waals surface area contributed by atoms with Gasteiger partial charge in [-0.05, 0) is 49.0 Å². The Hall–Kier alpha value is -2.47. The van der Waals surface area contributed by atoms with Gasteiger partial charge in [0, 0.05) is 18.2 Å². The van der Waals surface area contributed by atoms with Gasteiger partial charge in [0.2, 0.25) is 0 Å². The summed E-state index contributed by atoms with van der Waals surface area (Å²) in [5, 5.41) is 6.20. The number of hydrogen-bond donors (Lipinski definition) is 2. The average Bonchev–Trinajstić information content (AvgIpc) is 3.34. The second-order valence-electron chi connectivity index (χ2n) is 7.00. The maximum Gasteiger partial charge on any atom is 0.407 e. The maximum atomic E-state index is 14.4. The van der Waals surface area contributed by atoms with Crippen molar-refractivity contribution in [2.45, 2.75) is 18.4 Å². The van der Waals surface area contributed by atoms with E-state index in [4.69, 9.17) is 4.74 Å². The van der Waals surface area contributed by atoms with Gasteiger partial charge < -0.3 is 15.4 Å². The first kappa shape index (κ1) is 17.0. The number of piperidine rings is 1. The molecule has 1 aliphatic heterocycles. The van der Waals surface area contributed by atoms with E-state index in [1.807, 2.05) is 30.3 Å². The van der Waals surface area contributed by atoms with Gasteiger partial charge >= 0.3 is 6.09 Å². The molecule has 1 aliphatic carbocycles. The monoisotopic (exact) mass is 355 g/mol. The molecule has 0 bridgehead atoms. The minimum Gasteiger partial charge on any atom is -0.445 e. The topological polar surface area (TPSA) is 63.2 Å². The molecule has 1 saturated heterocycles.